The van der Waals surface area contributed by atoms with Gasteiger partial charge >= 0.3 is 6.03 Å². The van der Waals surface area contributed by atoms with E-state index in [4.69, 9.17) is 0 Å². The number of hydrogen-bond donors (Lipinski definition) is 2. The lowest BCUT2D eigenvalue weighted by molar-refractivity contribution is 0.240. The van der Waals surface area contributed by atoms with E-state index in [9.17, 15) is 4.79 Å². The van der Waals surface area contributed by atoms with Gasteiger partial charge in [0.25, 0.3) is 0 Å². The number of carbonyl (C=O) groups excluding carboxylic acids is 1. The summed E-state index contributed by atoms with van der Waals surface area (Å²) in [6.45, 7) is 5.28. The summed E-state index contributed by atoms with van der Waals surface area (Å²) in [6.07, 6.45) is 1.79. The van der Waals surface area contributed by atoms with E-state index < -0.39 is 0 Å². The van der Waals surface area contributed by atoms with Gasteiger partial charge in [-0.2, -0.15) is 5.10 Å². The van der Waals surface area contributed by atoms with Gasteiger partial charge in [0.15, 0.2) is 0 Å². The SMILES string of the molecule is CCc1nn(C)c(CC)c1CNC(=O)NCc1cccs1. The molecule has 0 saturated heterocycles. The van der Waals surface area contributed by atoms with Gasteiger partial charge < -0.3 is 10.6 Å². The molecular weight excluding hydrogens is 284 g/mol. The summed E-state index contributed by atoms with van der Waals surface area (Å²) in [6, 6.07) is 3.85. The van der Waals surface area contributed by atoms with Gasteiger partial charge in [-0.25, -0.2) is 4.79 Å². The van der Waals surface area contributed by atoms with Gasteiger partial charge in [-0.15, -0.1) is 11.3 Å². The van der Waals surface area contributed by atoms with Crippen molar-refractivity contribution in [3.63, 3.8) is 0 Å². The van der Waals surface area contributed by atoms with Gasteiger partial charge in [0.05, 0.1) is 12.2 Å². The summed E-state index contributed by atoms with van der Waals surface area (Å²) in [7, 11) is 1.96. The molecule has 0 unspecified atom stereocenters. The van der Waals surface area contributed by atoms with Crippen molar-refractivity contribution in [3.8, 4) is 0 Å². The third kappa shape index (κ3) is 3.85. The van der Waals surface area contributed by atoms with Crippen molar-refractivity contribution in [1.82, 2.24) is 20.4 Å². The van der Waals surface area contributed by atoms with E-state index in [-0.39, 0.29) is 6.03 Å². The van der Waals surface area contributed by atoms with Crippen LogP contribution in [-0.2, 0) is 33.0 Å². The van der Waals surface area contributed by atoms with Gasteiger partial charge in [0, 0.05) is 29.7 Å². The van der Waals surface area contributed by atoms with Crippen molar-refractivity contribution in [1.29, 1.82) is 0 Å². The molecule has 2 amide bonds. The van der Waals surface area contributed by atoms with Gasteiger partial charge in [0.2, 0.25) is 0 Å². The van der Waals surface area contributed by atoms with Crippen molar-refractivity contribution < 1.29 is 4.79 Å². The van der Waals surface area contributed by atoms with Gasteiger partial charge in [-0.05, 0) is 24.3 Å². The molecule has 0 saturated carbocycles. The first-order chi connectivity index (χ1) is 10.2. The minimum absolute atomic E-state index is 0.142. The summed E-state index contributed by atoms with van der Waals surface area (Å²) < 4.78 is 1.92. The molecule has 0 bridgehead atoms. The number of nitrogens with zero attached hydrogens (tertiary/aromatic N) is 2. The van der Waals surface area contributed by atoms with Crippen LogP contribution in [0.2, 0.25) is 0 Å². The van der Waals surface area contributed by atoms with Crippen molar-refractivity contribution in [2.45, 2.75) is 39.8 Å². The van der Waals surface area contributed by atoms with Crippen molar-refractivity contribution in [3.05, 3.63) is 39.3 Å². The zero-order valence-electron chi connectivity index (χ0n) is 12.8. The van der Waals surface area contributed by atoms with Gasteiger partial charge in [-0.3, -0.25) is 4.68 Å². The molecule has 21 heavy (non-hydrogen) atoms. The van der Waals surface area contributed by atoms with Crippen LogP contribution in [0.25, 0.3) is 0 Å². The van der Waals surface area contributed by atoms with Crippen LogP contribution in [0.3, 0.4) is 0 Å². The Hall–Kier alpha value is -1.82. The standard InChI is InChI=1S/C15H22N4OS/c1-4-13-12(14(5-2)19(3)18-13)10-17-15(20)16-9-11-7-6-8-21-11/h6-8H,4-5,9-10H2,1-3H3,(H2,16,17,20). The number of aryl methyl sites for hydroxylation is 2. The van der Waals surface area contributed by atoms with Crippen LogP contribution in [0.4, 0.5) is 4.79 Å². The molecule has 2 rings (SSSR count). The lowest BCUT2D eigenvalue weighted by Gasteiger charge is -2.08. The highest BCUT2D eigenvalue weighted by Crippen LogP contribution is 2.15. The van der Waals surface area contributed by atoms with E-state index in [0.29, 0.717) is 13.1 Å². The molecular formula is C15H22N4OS. The maximum atomic E-state index is 11.9. The van der Waals surface area contributed by atoms with Crippen LogP contribution in [0, 0.1) is 0 Å². The smallest absolute Gasteiger partial charge is 0.315 e. The number of thiophene rings is 1. The second-order valence-corrected chi connectivity index (χ2v) is 5.85. The molecule has 5 nitrogen and oxygen atoms in total. The molecule has 114 valence electrons. The molecule has 0 atom stereocenters. The first-order valence-corrected chi connectivity index (χ1v) is 8.11. The van der Waals surface area contributed by atoms with Gasteiger partial charge in [0.1, 0.15) is 0 Å². The van der Waals surface area contributed by atoms with Crippen LogP contribution in [-0.4, -0.2) is 15.8 Å². The second kappa shape index (κ2) is 7.26. The van der Waals surface area contributed by atoms with E-state index in [1.54, 1.807) is 11.3 Å². The number of urea groups is 1. The Morgan fingerprint density at radius 3 is 2.67 bits per heavy atom. The highest BCUT2D eigenvalue weighted by Gasteiger charge is 2.14. The van der Waals surface area contributed by atoms with E-state index in [0.717, 1.165) is 29.0 Å². The Balaban J connectivity index is 1.91. The fourth-order valence-electron chi connectivity index (χ4n) is 2.41. The third-order valence-corrected chi connectivity index (χ3v) is 4.33. The lowest BCUT2D eigenvalue weighted by Crippen LogP contribution is -2.34. The molecule has 0 spiro atoms. The highest BCUT2D eigenvalue weighted by molar-refractivity contribution is 7.09. The van der Waals surface area contributed by atoms with Gasteiger partial charge in [-0.1, -0.05) is 19.9 Å². The molecule has 2 aromatic rings. The molecule has 0 aliphatic heterocycles. The lowest BCUT2D eigenvalue weighted by atomic mass is 10.1. The molecule has 2 N–H and O–H groups in total. The fourth-order valence-corrected chi connectivity index (χ4v) is 3.05. The monoisotopic (exact) mass is 306 g/mol. The highest BCUT2D eigenvalue weighted by atomic mass is 32.1. The van der Waals surface area contributed by atoms with E-state index >= 15 is 0 Å². The molecule has 2 heterocycles. The van der Waals surface area contributed by atoms with E-state index in [2.05, 4.69) is 29.6 Å². The van der Waals surface area contributed by atoms with Crippen molar-refractivity contribution >= 4 is 17.4 Å². The molecule has 0 aliphatic rings. The molecule has 0 aromatic carbocycles. The normalized spacial score (nSPS) is 10.6. The maximum Gasteiger partial charge on any atom is 0.315 e. The van der Waals surface area contributed by atoms with Crippen LogP contribution < -0.4 is 10.6 Å². The van der Waals surface area contributed by atoms with Crippen LogP contribution in [0.1, 0.15) is 35.7 Å². The van der Waals surface area contributed by atoms with Crippen molar-refractivity contribution in [2.75, 3.05) is 0 Å². The number of carbonyl (C=O) groups is 1. The Kier molecular flexibility index (Phi) is 5.38. The molecule has 2 aromatic heterocycles. The predicted octanol–water partition coefficient (Wildman–Crippen LogP) is 2.61. The van der Waals surface area contributed by atoms with Crippen LogP contribution in [0.5, 0.6) is 0 Å². The summed E-state index contributed by atoms with van der Waals surface area (Å²) in [5, 5.41) is 12.3. The van der Waals surface area contributed by atoms with E-state index in [1.807, 2.05) is 29.2 Å². The minimum Gasteiger partial charge on any atom is -0.334 e. The topological polar surface area (TPSA) is 59.0 Å². The number of hydrogen-bond acceptors (Lipinski definition) is 3. The molecule has 0 radical (unpaired) electrons. The first kappa shape index (κ1) is 15.6. The third-order valence-electron chi connectivity index (χ3n) is 3.46. The zero-order valence-corrected chi connectivity index (χ0v) is 13.6. The average molecular weight is 306 g/mol. The summed E-state index contributed by atoms with van der Waals surface area (Å²) in [5.74, 6) is 0. The number of nitrogens with one attached hydrogen (secondary N) is 2. The second-order valence-electron chi connectivity index (χ2n) is 4.82. The Labute approximate surface area is 129 Å². The Morgan fingerprint density at radius 1 is 1.29 bits per heavy atom. The summed E-state index contributed by atoms with van der Waals surface area (Å²) in [5.41, 5.74) is 3.40. The number of amides is 2. The largest absolute Gasteiger partial charge is 0.334 e. The number of aromatic nitrogens is 2. The molecule has 0 fully saturated rings. The number of rotatable bonds is 6. The zero-order chi connectivity index (χ0) is 15.2. The Bertz CT molecular complexity index is 589. The Morgan fingerprint density at radius 2 is 2.05 bits per heavy atom. The fraction of sp³-hybridized carbons (Fsp3) is 0.467. The van der Waals surface area contributed by atoms with Crippen LogP contribution >= 0.6 is 11.3 Å². The predicted molar refractivity (Wildman–Crippen MR) is 85.4 cm³/mol. The van der Waals surface area contributed by atoms with E-state index in [1.165, 1.54) is 5.69 Å². The van der Waals surface area contributed by atoms with Crippen LogP contribution in [0.15, 0.2) is 17.5 Å². The maximum absolute atomic E-state index is 11.9. The average Bonchev–Trinajstić information content (AvgIpc) is 3.09. The first-order valence-electron chi connectivity index (χ1n) is 7.23. The molecule has 0 aliphatic carbocycles. The van der Waals surface area contributed by atoms with Crippen molar-refractivity contribution in [2.24, 2.45) is 7.05 Å². The summed E-state index contributed by atoms with van der Waals surface area (Å²) in [4.78, 5) is 13.0. The summed E-state index contributed by atoms with van der Waals surface area (Å²) >= 11 is 1.64. The quantitative estimate of drug-likeness (QED) is 0.862. The minimum atomic E-state index is -0.142. The molecule has 6 heteroatoms.